The maximum Gasteiger partial charge on any atom is -0.0241 e. The smallest absolute Gasteiger partial charge is 0.0241 e. The minimum atomic E-state index is 0. The second-order valence-corrected chi connectivity index (χ2v) is 19.8. The highest BCUT2D eigenvalue weighted by molar-refractivity contribution is 5.10. The maximum absolute atomic E-state index is 2.44. The van der Waals surface area contributed by atoms with Crippen molar-refractivity contribution in [1.29, 1.82) is 0 Å². The standard InChI is InChI=1S/C15H28.C14H26.C13H24.CH4/c1-12(2)15(13(3)4)10-14(11-15)8-6-5-7-9-14;1-11(2)14(12(3)4)9-13(10-14)7-5-6-8-13;1-10(2)13(11(3)4)8-12(9-13)6-5-7-12;/h12-13H,5-11H2,1-4H3;11-12H,5-10H2,1-4H3;10-11H,5-9H2,1-4H3;1H4. The molecule has 0 atom stereocenters. The van der Waals surface area contributed by atoms with Gasteiger partial charge in [-0.05, 0) is 145 Å². The average molecular weight is 599 g/mol. The molecular weight excluding hydrogens is 516 g/mol. The van der Waals surface area contributed by atoms with Crippen molar-refractivity contribution in [3.63, 3.8) is 0 Å². The number of hydrogen-bond acceptors (Lipinski definition) is 0. The van der Waals surface area contributed by atoms with Crippen LogP contribution in [0.5, 0.6) is 0 Å². The second-order valence-electron chi connectivity index (χ2n) is 19.8. The SMILES string of the molecule is C.CC(C)C1(C(C)C)CC2(CCC2)C1.CC(C)C1(C(C)C)CC2(CCCC2)C1.CC(C)C1(C(C)C)CC2(CCCCC2)C1. The molecule has 0 saturated heterocycles. The van der Waals surface area contributed by atoms with Crippen LogP contribution in [0.2, 0.25) is 0 Å². The molecule has 6 fully saturated rings. The lowest BCUT2D eigenvalue weighted by Gasteiger charge is -2.65. The van der Waals surface area contributed by atoms with Crippen LogP contribution in [-0.4, -0.2) is 0 Å². The van der Waals surface area contributed by atoms with E-state index in [2.05, 4.69) is 83.1 Å². The van der Waals surface area contributed by atoms with Gasteiger partial charge in [0.2, 0.25) is 0 Å². The van der Waals surface area contributed by atoms with E-state index in [0.717, 1.165) is 51.8 Å². The van der Waals surface area contributed by atoms with Crippen molar-refractivity contribution >= 4 is 0 Å². The zero-order valence-electron chi connectivity index (χ0n) is 31.2. The van der Waals surface area contributed by atoms with Gasteiger partial charge in [-0.1, -0.05) is 129 Å². The fourth-order valence-electron chi connectivity index (χ4n) is 12.6. The summed E-state index contributed by atoms with van der Waals surface area (Å²) in [5, 5.41) is 0. The molecule has 0 heteroatoms. The van der Waals surface area contributed by atoms with Crippen LogP contribution in [0.3, 0.4) is 0 Å². The molecule has 43 heavy (non-hydrogen) atoms. The van der Waals surface area contributed by atoms with Gasteiger partial charge in [0.05, 0.1) is 0 Å². The lowest BCUT2D eigenvalue weighted by Crippen LogP contribution is -2.55. The first-order chi connectivity index (χ1) is 19.5. The Labute approximate surface area is 273 Å². The van der Waals surface area contributed by atoms with Crippen LogP contribution >= 0.6 is 0 Å². The van der Waals surface area contributed by atoms with Gasteiger partial charge < -0.3 is 0 Å². The first-order valence-corrected chi connectivity index (χ1v) is 19.5. The highest BCUT2D eigenvalue weighted by atomic mass is 14.6. The third-order valence-corrected chi connectivity index (χ3v) is 16.1. The summed E-state index contributed by atoms with van der Waals surface area (Å²) in [7, 11) is 0. The Morgan fingerprint density at radius 3 is 0.628 bits per heavy atom. The van der Waals surface area contributed by atoms with Gasteiger partial charge in [0, 0.05) is 0 Å². The number of hydrogen-bond donors (Lipinski definition) is 0. The molecule has 0 bridgehead atoms. The van der Waals surface area contributed by atoms with Gasteiger partial charge in [-0.2, -0.15) is 0 Å². The zero-order chi connectivity index (χ0) is 31.2. The van der Waals surface area contributed by atoms with Gasteiger partial charge in [-0.25, -0.2) is 0 Å². The summed E-state index contributed by atoms with van der Waals surface area (Å²) in [6, 6.07) is 0. The number of rotatable bonds is 6. The topological polar surface area (TPSA) is 0 Å². The van der Waals surface area contributed by atoms with Gasteiger partial charge in [-0.3, -0.25) is 0 Å². The molecule has 3 spiro atoms. The van der Waals surface area contributed by atoms with Crippen molar-refractivity contribution in [1.82, 2.24) is 0 Å². The molecular formula is C43H82. The largest absolute Gasteiger partial charge is 0.0776 e. The predicted molar refractivity (Wildman–Crippen MR) is 193 cm³/mol. The molecule has 0 unspecified atom stereocenters. The summed E-state index contributed by atoms with van der Waals surface area (Å²) in [6.45, 7) is 29.2. The van der Waals surface area contributed by atoms with E-state index < -0.39 is 0 Å². The van der Waals surface area contributed by atoms with Gasteiger partial charge in [0.25, 0.3) is 0 Å². The van der Waals surface area contributed by atoms with Gasteiger partial charge in [0.1, 0.15) is 0 Å². The third kappa shape index (κ3) is 6.86. The van der Waals surface area contributed by atoms with Crippen molar-refractivity contribution in [2.75, 3.05) is 0 Å². The molecule has 6 aliphatic rings. The van der Waals surface area contributed by atoms with Gasteiger partial charge in [0.15, 0.2) is 0 Å². The van der Waals surface area contributed by atoms with E-state index in [4.69, 9.17) is 0 Å². The Morgan fingerprint density at radius 2 is 0.465 bits per heavy atom. The molecule has 0 heterocycles. The van der Waals surface area contributed by atoms with E-state index in [1.54, 1.807) is 0 Å². The molecule has 6 saturated carbocycles. The maximum atomic E-state index is 2.44. The Bertz CT molecular complexity index is 794. The first-order valence-electron chi connectivity index (χ1n) is 19.5. The lowest BCUT2D eigenvalue weighted by atomic mass is 9.40. The van der Waals surface area contributed by atoms with Gasteiger partial charge >= 0.3 is 0 Å². The Kier molecular flexibility index (Phi) is 11.9. The highest BCUT2D eigenvalue weighted by Gasteiger charge is 2.59. The second kappa shape index (κ2) is 13.6. The molecule has 0 nitrogen and oxygen atoms in total. The molecule has 6 aliphatic carbocycles. The lowest BCUT2D eigenvalue weighted by molar-refractivity contribution is -0.148. The monoisotopic (exact) mass is 599 g/mol. The predicted octanol–water partition coefficient (Wildman–Crippen LogP) is 14.6. The van der Waals surface area contributed by atoms with Gasteiger partial charge in [-0.15, -0.1) is 0 Å². The van der Waals surface area contributed by atoms with E-state index >= 15 is 0 Å². The first kappa shape index (κ1) is 37.5. The molecule has 6 rings (SSSR count). The minimum absolute atomic E-state index is 0. The molecule has 0 amide bonds. The van der Waals surface area contributed by atoms with Crippen molar-refractivity contribution in [2.45, 2.75) is 206 Å². The van der Waals surface area contributed by atoms with Crippen molar-refractivity contribution in [2.24, 2.45) is 68.0 Å². The summed E-state index contributed by atoms with van der Waals surface area (Å²) in [6.07, 6.45) is 27.5. The molecule has 0 N–H and O–H groups in total. The zero-order valence-corrected chi connectivity index (χ0v) is 31.2. The van der Waals surface area contributed by atoms with Crippen LogP contribution < -0.4 is 0 Å². The van der Waals surface area contributed by atoms with Crippen LogP contribution in [0.15, 0.2) is 0 Å². The average Bonchev–Trinajstić information content (AvgIpc) is 3.30. The van der Waals surface area contributed by atoms with Crippen LogP contribution in [0, 0.1) is 68.0 Å². The third-order valence-electron chi connectivity index (χ3n) is 16.1. The molecule has 0 radical (unpaired) electrons. The highest BCUT2D eigenvalue weighted by Crippen LogP contribution is 2.70. The molecule has 254 valence electrons. The van der Waals surface area contributed by atoms with Crippen LogP contribution in [-0.2, 0) is 0 Å². The Balaban J connectivity index is 0.000000175. The summed E-state index contributed by atoms with van der Waals surface area (Å²) >= 11 is 0. The molecule has 0 aromatic heterocycles. The molecule has 0 aromatic rings. The summed E-state index contributed by atoms with van der Waals surface area (Å²) < 4.78 is 0. The molecule has 0 aromatic carbocycles. The fourth-order valence-corrected chi connectivity index (χ4v) is 12.6. The fraction of sp³-hybridized carbons (Fsp3) is 1.00. The van der Waals surface area contributed by atoms with Crippen LogP contribution in [0.4, 0.5) is 0 Å². The summed E-state index contributed by atoms with van der Waals surface area (Å²) in [5.41, 5.74) is 4.55. The van der Waals surface area contributed by atoms with Crippen molar-refractivity contribution < 1.29 is 0 Å². The van der Waals surface area contributed by atoms with E-state index in [-0.39, 0.29) is 7.43 Å². The van der Waals surface area contributed by atoms with Crippen molar-refractivity contribution in [3.8, 4) is 0 Å². The van der Waals surface area contributed by atoms with E-state index in [0.29, 0.717) is 16.2 Å². The van der Waals surface area contributed by atoms with Crippen molar-refractivity contribution in [3.05, 3.63) is 0 Å². The van der Waals surface area contributed by atoms with E-state index in [1.165, 1.54) is 116 Å². The van der Waals surface area contributed by atoms with Crippen LogP contribution in [0.25, 0.3) is 0 Å². The van der Waals surface area contributed by atoms with E-state index in [1.807, 2.05) is 0 Å². The quantitative estimate of drug-likeness (QED) is 0.285. The summed E-state index contributed by atoms with van der Waals surface area (Å²) in [5.74, 6) is 5.30. The summed E-state index contributed by atoms with van der Waals surface area (Å²) in [4.78, 5) is 0. The minimum Gasteiger partial charge on any atom is -0.0776 e. The Morgan fingerprint density at radius 1 is 0.279 bits per heavy atom. The molecule has 0 aliphatic heterocycles. The van der Waals surface area contributed by atoms with E-state index in [9.17, 15) is 0 Å². The Hall–Kier alpha value is 0. The van der Waals surface area contributed by atoms with Crippen LogP contribution in [0.1, 0.15) is 206 Å². The normalized spacial score (nSPS) is 28.0.